The van der Waals surface area contributed by atoms with Crippen LogP contribution in [0.4, 0.5) is 0 Å². The van der Waals surface area contributed by atoms with Crippen molar-refractivity contribution in [1.82, 2.24) is 20.2 Å². The first-order valence-electron chi connectivity index (χ1n) is 8.12. The van der Waals surface area contributed by atoms with E-state index < -0.39 is 0 Å². The number of aryl methyl sites for hydroxylation is 2. The van der Waals surface area contributed by atoms with Crippen LogP contribution in [0.3, 0.4) is 0 Å². The van der Waals surface area contributed by atoms with Gasteiger partial charge in [0.1, 0.15) is 0 Å². The minimum Gasteiger partial charge on any atom is -0.293 e. The Balaban J connectivity index is 1.76. The molecule has 1 aliphatic carbocycles. The maximum Gasteiger partial charge on any atom is 0.210 e. The van der Waals surface area contributed by atoms with Crippen LogP contribution in [0.5, 0.6) is 0 Å². The minimum absolute atomic E-state index is 0.136. The summed E-state index contributed by atoms with van der Waals surface area (Å²) >= 11 is 1.46. The van der Waals surface area contributed by atoms with Crippen LogP contribution in [-0.2, 0) is 0 Å². The first-order chi connectivity index (χ1) is 11.1. The molecule has 122 valence electrons. The van der Waals surface area contributed by atoms with Crippen molar-refractivity contribution in [3.05, 3.63) is 34.9 Å². The Morgan fingerprint density at radius 2 is 2.04 bits per heavy atom. The first-order valence-corrected chi connectivity index (χ1v) is 9.00. The van der Waals surface area contributed by atoms with Gasteiger partial charge in [-0.1, -0.05) is 42.3 Å². The van der Waals surface area contributed by atoms with Crippen molar-refractivity contribution >= 4 is 17.5 Å². The lowest BCUT2D eigenvalue weighted by Gasteiger charge is -2.14. The molecule has 1 aromatic heterocycles. The molecule has 2 aromatic rings. The van der Waals surface area contributed by atoms with Crippen molar-refractivity contribution in [2.75, 3.05) is 0 Å². The van der Waals surface area contributed by atoms with E-state index >= 15 is 0 Å². The summed E-state index contributed by atoms with van der Waals surface area (Å²) in [5.41, 5.74) is 2.92. The Morgan fingerprint density at radius 3 is 2.78 bits per heavy atom. The number of ketones is 1. The molecular weight excluding hydrogens is 308 g/mol. The molecule has 0 N–H and O–H groups in total. The SMILES string of the molecule is Cc1ccc(C)c(C(=O)C(C)Sc2nnnn2C2CCCC2)c1. The number of hydrogen-bond donors (Lipinski definition) is 0. The molecule has 0 radical (unpaired) electrons. The minimum atomic E-state index is -0.207. The van der Waals surface area contributed by atoms with Crippen molar-refractivity contribution in [3.63, 3.8) is 0 Å². The van der Waals surface area contributed by atoms with E-state index in [-0.39, 0.29) is 11.0 Å². The molecule has 1 atom stereocenters. The highest BCUT2D eigenvalue weighted by molar-refractivity contribution is 8.00. The predicted molar refractivity (Wildman–Crippen MR) is 90.9 cm³/mol. The molecule has 1 aromatic carbocycles. The summed E-state index contributed by atoms with van der Waals surface area (Å²) in [4.78, 5) is 12.8. The molecule has 5 nitrogen and oxygen atoms in total. The third kappa shape index (κ3) is 3.47. The molecule has 0 bridgehead atoms. The van der Waals surface area contributed by atoms with Crippen LogP contribution in [0.25, 0.3) is 0 Å². The monoisotopic (exact) mass is 330 g/mol. The van der Waals surface area contributed by atoms with Crippen LogP contribution in [0.2, 0.25) is 0 Å². The zero-order valence-corrected chi connectivity index (χ0v) is 14.6. The van der Waals surface area contributed by atoms with E-state index in [2.05, 4.69) is 15.5 Å². The standard InChI is InChI=1S/C17H22N4OS/c1-11-8-9-12(2)15(10-11)16(22)13(3)23-17-18-19-20-21(17)14-6-4-5-7-14/h8-10,13-14H,4-7H2,1-3H3. The van der Waals surface area contributed by atoms with Crippen LogP contribution < -0.4 is 0 Å². The van der Waals surface area contributed by atoms with Crippen LogP contribution in [-0.4, -0.2) is 31.2 Å². The molecule has 3 rings (SSSR count). The van der Waals surface area contributed by atoms with Gasteiger partial charge < -0.3 is 0 Å². The number of carbonyl (C=O) groups excluding carboxylic acids is 1. The van der Waals surface area contributed by atoms with Crippen LogP contribution in [0.1, 0.15) is 60.1 Å². The van der Waals surface area contributed by atoms with Crippen molar-refractivity contribution in [3.8, 4) is 0 Å². The summed E-state index contributed by atoms with van der Waals surface area (Å²) in [6, 6.07) is 6.39. The second-order valence-electron chi connectivity index (χ2n) is 6.29. The zero-order valence-electron chi connectivity index (χ0n) is 13.8. The van der Waals surface area contributed by atoms with Crippen LogP contribution in [0.15, 0.2) is 23.4 Å². The van der Waals surface area contributed by atoms with Crippen LogP contribution >= 0.6 is 11.8 Å². The van der Waals surface area contributed by atoms with Crippen molar-refractivity contribution < 1.29 is 4.79 Å². The maximum atomic E-state index is 12.8. The number of nitrogens with zero attached hydrogens (tertiary/aromatic N) is 4. The summed E-state index contributed by atoms with van der Waals surface area (Å²) in [5, 5.41) is 12.6. The maximum absolute atomic E-state index is 12.8. The molecule has 0 spiro atoms. The average Bonchev–Trinajstić information content (AvgIpc) is 3.19. The molecule has 1 heterocycles. The highest BCUT2D eigenvalue weighted by atomic mass is 32.2. The highest BCUT2D eigenvalue weighted by Crippen LogP contribution is 2.33. The highest BCUT2D eigenvalue weighted by Gasteiger charge is 2.25. The topological polar surface area (TPSA) is 60.7 Å². The van der Waals surface area contributed by atoms with Gasteiger partial charge in [-0.25, -0.2) is 4.68 Å². The first kappa shape index (κ1) is 16.2. The molecule has 1 saturated carbocycles. The quantitative estimate of drug-likeness (QED) is 0.617. The van der Waals surface area contributed by atoms with Crippen LogP contribution in [0, 0.1) is 13.8 Å². The second-order valence-corrected chi connectivity index (χ2v) is 7.59. The van der Waals surface area contributed by atoms with Gasteiger partial charge in [0.15, 0.2) is 5.78 Å². The molecule has 1 fully saturated rings. The fourth-order valence-corrected chi connectivity index (χ4v) is 4.00. The van der Waals surface area contributed by atoms with Crippen molar-refractivity contribution in [1.29, 1.82) is 0 Å². The third-order valence-corrected chi connectivity index (χ3v) is 5.49. The number of Topliss-reactive ketones (excluding diaryl/α,β-unsaturated/α-hetero) is 1. The fraction of sp³-hybridized carbons (Fsp3) is 0.529. The normalized spacial score (nSPS) is 16.7. The van der Waals surface area contributed by atoms with Gasteiger partial charge in [-0.3, -0.25) is 4.79 Å². The Kier molecular flexibility index (Phi) is 4.80. The lowest BCUT2D eigenvalue weighted by molar-refractivity contribution is 0.0993. The molecule has 23 heavy (non-hydrogen) atoms. The molecule has 0 saturated heterocycles. The van der Waals surface area contributed by atoms with E-state index in [1.165, 1.54) is 24.6 Å². The molecule has 1 aliphatic rings. The smallest absolute Gasteiger partial charge is 0.210 e. The molecular formula is C17H22N4OS. The van der Waals surface area contributed by atoms with E-state index in [0.717, 1.165) is 34.7 Å². The largest absolute Gasteiger partial charge is 0.293 e. The van der Waals surface area contributed by atoms with E-state index in [1.54, 1.807) is 0 Å². The van der Waals surface area contributed by atoms with E-state index in [9.17, 15) is 4.79 Å². The molecule has 0 amide bonds. The Morgan fingerprint density at radius 1 is 1.30 bits per heavy atom. The van der Waals surface area contributed by atoms with E-state index in [0.29, 0.717) is 6.04 Å². The van der Waals surface area contributed by atoms with Gasteiger partial charge in [-0.2, -0.15) is 0 Å². The Bertz CT molecular complexity index is 706. The second kappa shape index (κ2) is 6.83. The summed E-state index contributed by atoms with van der Waals surface area (Å²) in [7, 11) is 0. The lowest BCUT2D eigenvalue weighted by Crippen LogP contribution is -2.17. The number of hydrogen-bond acceptors (Lipinski definition) is 5. The zero-order chi connectivity index (χ0) is 16.4. The lowest BCUT2D eigenvalue weighted by atomic mass is 10.0. The van der Waals surface area contributed by atoms with Crippen molar-refractivity contribution in [2.24, 2.45) is 0 Å². The van der Waals surface area contributed by atoms with Gasteiger partial charge in [0.05, 0.1) is 11.3 Å². The van der Waals surface area contributed by atoms with Crippen molar-refractivity contribution in [2.45, 2.75) is 62.9 Å². The van der Waals surface area contributed by atoms with E-state index in [1.807, 2.05) is 43.7 Å². The predicted octanol–water partition coefficient (Wildman–Crippen LogP) is 3.77. The van der Waals surface area contributed by atoms with Gasteiger partial charge in [-0.05, 0) is 55.7 Å². The van der Waals surface area contributed by atoms with Gasteiger partial charge in [0.25, 0.3) is 0 Å². The molecule has 1 unspecified atom stereocenters. The Labute approximate surface area is 140 Å². The fourth-order valence-electron chi connectivity index (χ4n) is 3.07. The van der Waals surface area contributed by atoms with Gasteiger partial charge in [0.2, 0.25) is 5.16 Å². The molecule has 0 aliphatic heterocycles. The average molecular weight is 330 g/mol. The summed E-state index contributed by atoms with van der Waals surface area (Å²) in [6.07, 6.45) is 4.70. The summed E-state index contributed by atoms with van der Waals surface area (Å²) in [6.45, 7) is 5.92. The molecule has 6 heteroatoms. The third-order valence-electron chi connectivity index (χ3n) is 4.44. The number of rotatable bonds is 5. The van der Waals surface area contributed by atoms with Gasteiger partial charge in [0, 0.05) is 5.56 Å². The number of thioether (sulfide) groups is 1. The number of tetrazole rings is 1. The number of carbonyl (C=O) groups is 1. The summed E-state index contributed by atoms with van der Waals surface area (Å²) < 4.78 is 1.91. The number of benzene rings is 1. The van der Waals surface area contributed by atoms with E-state index in [4.69, 9.17) is 0 Å². The number of aromatic nitrogens is 4. The van der Waals surface area contributed by atoms with Gasteiger partial charge in [-0.15, -0.1) is 5.10 Å². The van der Waals surface area contributed by atoms with Gasteiger partial charge >= 0.3 is 0 Å². The Hall–Kier alpha value is -1.69. The summed E-state index contributed by atoms with van der Waals surface area (Å²) in [5.74, 6) is 0.136.